The van der Waals surface area contributed by atoms with Crippen molar-refractivity contribution >= 4 is 0 Å². The molecule has 1 N–H and O–H groups in total. The van der Waals surface area contributed by atoms with E-state index in [9.17, 15) is 0 Å². The van der Waals surface area contributed by atoms with Crippen LogP contribution in [0.4, 0.5) is 0 Å². The molecule has 0 saturated carbocycles. The zero-order valence-electron chi connectivity index (χ0n) is 10.1. The SMILES string of the molecule is CC[C@H](C)Oc1ccccc1[C@H](C)NC. The molecule has 0 radical (unpaired) electrons. The highest BCUT2D eigenvalue weighted by molar-refractivity contribution is 5.35. The van der Waals surface area contributed by atoms with E-state index in [0.29, 0.717) is 6.04 Å². The summed E-state index contributed by atoms with van der Waals surface area (Å²) in [7, 11) is 1.96. The monoisotopic (exact) mass is 207 g/mol. The summed E-state index contributed by atoms with van der Waals surface area (Å²) in [6.45, 7) is 6.37. The maximum absolute atomic E-state index is 5.88. The topological polar surface area (TPSA) is 21.3 Å². The second-order valence-corrected chi connectivity index (χ2v) is 3.88. The molecule has 15 heavy (non-hydrogen) atoms. The fourth-order valence-corrected chi connectivity index (χ4v) is 1.40. The lowest BCUT2D eigenvalue weighted by molar-refractivity contribution is 0.214. The summed E-state index contributed by atoms with van der Waals surface area (Å²) in [6.07, 6.45) is 1.30. The molecule has 2 heteroatoms. The summed E-state index contributed by atoms with van der Waals surface area (Å²) >= 11 is 0. The van der Waals surface area contributed by atoms with Crippen molar-refractivity contribution in [1.82, 2.24) is 5.32 Å². The van der Waals surface area contributed by atoms with E-state index in [1.54, 1.807) is 0 Å². The molecule has 0 aromatic heterocycles. The lowest BCUT2D eigenvalue weighted by atomic mass is 10.1. The van der Waals surface area contributed by atoms with Gasteiger partial charge in [-0.25, -0.2) is 0 Å². The minimum Gasteiger partial charge on any atom is -0.490 e. The second-order valence-electron chi connectivity index (χ2n) is 3.88. The van der Waals surface area contributed by atoms with Gasteiger partial charge in [0.1, 0.15) is 5.75 Å². The van der Waals surface area contributed by atoms with Crippen LogP contribution in [0.15, 0.2) is 24.3 Å². The molecule has 1 aromatic carbocycles. The van der Waals surface area contributed by atoms with E-state index in [4.69, 9.17) is 4.74 Å². The Bertz CT molecular complexity index is 298. The first-order valence-corrected chi connectivity index (χ1v) is 5.61. The summed E-state index contributed by atoms with van der Waals surface area (Å²) in [5, 5.41) is 3.23. The van der Waals surface area contributed by atoms with Crippen molar-refractivity contribution in [2.24, 2.45) is 0 Å². The zero-order chi connectivity index (χ0) is 11.3. The Morgan fingerprint density at radius 1 is 1.27 bits per heavy atom. The van der Waals surface area contributed by atoms with Crippen LogP contribution < -0.4 is 10.1 Å². The van der Waals surface area contributed by atoms with Gasteiger partial charge in [0.2, 0.25) is 0 Å². The molecule has 0 fully saturated rings. The third kappa shape index (κ3) is 3.24. The quantitative estimate of drug-likeness (QED) is 0.801. The smallest absolute Gasteiger partial charge is 0.124 e. The number of rotatable bonds is 5. The van der Waals surface area contributed by atoms with E-state index >= 15 is 0 Å². The summed E-state index contributed by atoms with van der Waals surface area (Å²) in [4.78, 5) is 0. The van der Waals surface area contributed by atoms with Gasteiger partial charge in [0, 0.05) is 11.6 Å². The first-order chi connectivity index (χ1) is 7.19. The van der Waals surface area contributed by atoms with Crippen LogP contribution in [0.25, 0.3) is 0 Å². The van der Waals surface area contributed by atoms with Crippen LogP contribution in [0.5, 0.6) is 5.75 Å². The summed E-state index contributed by atoms with van der Waals surface area (Å²) in [5.74, 6) is 0.994. The Balaban J connectivity index is 2.86. The van der Waals surface area contributed by atoms with Crippen molar-refractivity contribution in [3.63, 3.8) is 0 Å². The normalized spacial score (nSPS) is 14.7. The lowest BCUT2D eigenvalue weighted by Crippen LogP contribution is -2.16. The largest absolute Gasteiger partial charge is 0.490 e. The summed E-state index contributed by atoms with van der Waals surface area (Å²) < 4.78 is 5.88. The third-order valence-electron chi connectivity index (χ3n) is 2.72. The van der Waals surface area contributed by atoms with E-state index < -0.39 is 0 Å². The minimum absolute atomic E-state index is 0.273. The molecule has 0 saturated heterocycles. The predicted molar refractivity (Wildman–Crippen MR) is 64.3 cm³/mol. The van der Waals surface area contributed by atoms with Gasteiger partial charge in [-0.3, -0.25) is 0 Å². The van der Waals surface area contributed by atoms with E-state index in [1.807, 2.05) is 25.2 Å². The molecule has 0 bridgehead atoms. The van der Waals surface area contributed by atoms with Gasteiger partial charge in [-0.2, -0.15) is 0 Å². The molecular weight excluding hydrogens is 186 g/mol. The molecule has 0 aliphatic carbocycles. The van der Waals surface area contributed by atoms with Crippen LogP contribution in [0.1, 0.15) is 38.8 Å². The lowest BCUT2D eigenvalue weighted by Gasteiger charge is -2.19. The number of para-hydroxylation sites is 1. The van der Waals surface area contributed by atoms with E-state index in [2.05, 4.69) is 32.2 Å². The molecular formula is C13H21NO. The standard InChI is InChI=1S/C13H21NO/c1-5-10(2)15-13-9-7-6-8-12(13)11(3)14-4/h6-11,14H,5H2,1-4H3/t10-,11-/m0/s1. The Morgan fingerprint density at radius 2 is 1.93 bits per heavy atom. The Kier molecular flexibility index (Phi) is 4.63. The first-order valence-electron chi connectivity index (χ1n) is 5.61. The Hall–Kier alpha value is -1.02. The molecule has 0 amide bonds. The number of hydrogen-bond acceptors (Lipinski definition) is 2. The summed E-state index contributed by atoms with van der Waals surface area (Å²) in [6, 6.07) is 8.54. The van der Waals surface area contributed by atoms with Crippen molar-refractivity contribution < 1.29 is 4.74 Å². The Morgan fingerprint density at radius 3 is 2.53 bits per heavy atom. The van der Waals surface area contributed by atoms with Gasteiger partial charge < -0.3 is 10.1 Å². The third-order valence-corrected chi connectivity index (χ3v) is 2.72. The molecule has 1 rings (SSSR count). The van der Waals surface area contributed by atoms with E-state index in [-0.39, 0.29) is 6.10 Å². The van der Waals surface area contributed by atoms with Crippen LogP contribution in [0.2, 0.25) is 0 Å². The minimum atomic E-state index is 0.273. The van der Waals surface area contributed by atoms with E-state index in [0.717, 1.165) is 12.2 Å². The van der Waals surface area contributed by atoms with Crippen LogP contribution in [-0.4, -0.2) is 13.2 Å². The second kappa shape index (κ2) is 5.76. The molecule has 0 spiro atoms. The van der Waals surface area contributed by atoms with Crippen LogP contribution in [0.3, 0.4) is 0 Å². The van der Waals surface area contributed by atoms with Crippen molar-refractivity contribution in [2.75, 3.05) is 7.05 Å². The highest BCUT2D eigenvalue weighted by Gasteiger charge is 2.10. The maximum Gasteiger partial charge on any atom is 0.124 e. The molecule has 0 heterocycles. The van der Waals surface area contributed by atoms with Gasteiger partial charge >= 0.3 is 0 Å². The molecule has 1 aromatic rings. The van der Waals surface area contributed by atoms with E-state index in [1.165, 1.54) is 5.56 Å². The van der Waals surface area contributed by atoms with Crippen molar-refractivity contribution in [3.8, 4) is 5.75 Å². The van der Waals surface area contributed by atoms with Crippen molar-refractivity contribution in [1.29, 1.82) is 0 Å². The Labute approximate surface area is 92.6 Å². The van der Waals surface area contributed by atoms with Gasteiger partial charge in [-0.05, 0) is 33.4 Å². The van der Waals surface area contributed by atoms with Crippen LogP contribution in [0, 0.1) is 0 Å². The molecule has 0 unspecified atom stereocenters. The van der Waals surface area contributed by atoms with Gasteiger partial charge in [0.25, 0.3) is 0 Å². The average Bonchev–Trinajstić information content (AvgIpc) is 2.28. The number of benzene rings is 1. The summed E-state index contributed by atoms with van der Waals surface area (Å²) in [5.41, 5.74) is 1.22. The van der Waals surface area contributed by atoms with Crippen molar-refractivity contribution in [3.05, 3.63) is 29.8 Å². The fourth-order valence-electron chi connectivity index (χ4n) is 1.40. The first kappa shape index (κ1) is 12.1. The van der Waals surface area contributed by atoms with Gasteiger partial charge in [-0.15, -0.1) is 0 Å². The highest BCUT2D eigenvalue weighted by atomic mass is 16.5. The molecule has 2 atom stereocenters. The van der Waals surface area contributed by atoms with Gasteiger partial charge in [0.15, 0.2) is 0 Å². The highest BCUT2D eigenvalue weighted by Crippen LogP contribution is 2.25. The van der Waals surface area contributed by atoms with Gasteiger partial charge in [-0.1, -0.05) is 25.1 Å². The predicted octanol–water partition coefficient (Wildman–Crippen LogP) is 3.14. The van der Waals surface area contributed by atoms with Crippen molar-refractivity contribution in [2.45, 2.75) is 39.3 Å². The molecule has 84 valence electrons. The molecule has 0 aliphatic heterocycles. The zero-order valence-corrected chi connectivity index (χ0v) is 10.1. The van der Waals surface area contributed by atoms with Gasteiger partial charge in [0.05, 0.1) is 6.10 Å². The number of hydrogen-bond donors (Lipinski definition) is 1. The van der Waals surface area contributed by atoms with Crippen LogP contribution in [-0.2, 0) is 0 Å². The fraction of sp³-hybridized carbons (Fsp3) is 0.538. The maximum atomic E-state index is 5.88. The molecule has 2 nitrogen and oxygen atoms in total. The number of nitrogens with one attached hydrogen (secondary N) is 1. The van der Waals surface area contributed by atoms with Crippen LogP contribution >= 0.6 is 0 Å². The molecule has 0 aliphatic rings. The number of ether oxygens (including phenoxy) is 1. The average molecular weight is 207 g/mol.